The maximum absolute atomic E-state index is 12.1. The fraction of sp³-hybridized carbons (Fsp3) is 0. The molecule has 0 radical (unpaired) electrons. The molecular weight excluding hydrogens is 264 g/mol. The lowest BCUT2D eigenvalue weighted by atomic mass is 10.1. The highest BCUT2D eigenvalue weighted by molar-refractivity contribution is 6.10. The molecule has 0 aliphatic heterocycles. The minimum Gasteiger partial charge on any atom is -0.504 e. The van der Waals surface area contributed by atoms with Gasteiger partial charge in [-0.05, 0) is 12.1 Å². The SMILES string of the molecule is O=C(O)c1c[nH]c2c(c(O)c(O)c3cccnc32)c1=O. The first-order chi connectivity index (χ1) is 9.52. The number of rotatable bonds is 1. The van der Waals surface area contributed by atoms with Crippen LogP contribution in [-0.4, -0.2) is 31.3 Å². The second kappa shape index (κ2) is 3.95. The zero-order chi connectivity index (χ0) is 14.4. The molecule has 0 aliphatic carbocycles. The van der Waals surface area contributed by atoms with E-state index in [1.54, 1.807) is 6.07 Å². The van der Waals surface area contributed by atoms with Crippen LogP contribution in [0.1, 0.15) is 10.4 Å². The van der Waals surface area contributed by atoms with Crippen molar-refractivity contribution in [2.45, 2.75) is 0 Å². The number of carboxylic acid groups (broad SMARTS) is 1. The summed E-state index contributed by atoms with van der Waals surface area (Å²) in [6.07, 6.45) is 2.50. The Kier molecular flexibility index (Phi) is 2.37. The lowest BCUT2D eigenvalue weighted by molar-refractivity contribution is 0.0695. The minimum atomic E-state index is -1.42. The van der Waals surface area contributed by atoms with Crippen molar-refractivity contribution in [2.75, 3.05) is 0 Å². The molecular formula is C13H8N2O5. The van der Waals surface area contributed by atoms with Crippen LogP contribution >= 0.6 is 0 Å². The van der Waals surface area contributed by atoms with E-state index in [1.165, 1.54) is 12.3 Å². The van der Waals surface area contributed by atoms with E-state index in [0.29, 0.717) is 0 Å². The molecule has 2 heterocycles. The number of nitrogens with one attached hydrogen (secondary N) is 1. The van der Waals surface area contributed by atoms with Gasteiger partial charge in [0.05, 0.1) is 16.4 Å². The lowest BCUT2D eigenvalue weighted by Gasteiger charge is -2.08. The van der Waals surface area contributed by atoms with Gasteiger partial charge in [-0.3, -0.25) is 9.78 Å². The van der Waals surface area contributed by atoms with Crippen LogP contribution in [-0.2, 0) is 0 Å². The quantitative estimate of drug-likeness (QED) is 0.389. The van der Waals surface area contributed by atoms with Crippen molar-refractivity contribution in [2.24, 2.45) is 0 Å². The number of fused-ring (bicyclic) bond motifs is 3. The second-order valence-corrected chi connectivity index (χ2v) is 4.18. The number of aromatic carboxylic acids is 1. The Labute approximate surface area is 110 Å². The van der Waals surface area contributed by atoms with Gasteiger partial charge in [0.1, 0.15) is 5.56 Å². The van der Waals surface area contributed by atoms with Crippen LogP contribution in [0.25, 0.3) is 21.8 Å². The monoisotopic (exact) mass is 272 g/mol. The molecule has 3 aromatic rings. The summed E-state index contributed by atoms with van der Waals surface area (Å²) in [5.41, 5.74) is -0.966. The average Bonchev–Trinajstić information content (AvgIpc) is 2.44. The van der Waals surface area contributed by atoms with Gasteiger partial charge in [-0.15, -0.1) is 0 Å². The van der Waals surface area contributed by atoms with Crippen LogP contribution in [0.2, 0.25) is 0 Å². The van der Waals surface area contributed by atoms with Gasteiger partial charge in [0.15, 0.2) is 11.5 Å². The largest absolute Gasteiger partial charge is 0.504 e. The third kappa shape index (κ3) is 1.43. The average molecular weight is 272 g/mol. The Morgan fingerprint density at radius 3 is 2.70 bits per heavy atom. The van der Waals surface area contributed by atoms with E-state index in [0.717, 1.165) is 6.20 Å². The summed E-state index contributed by atoms with van der Waals surface area (Å²) in [5.74, 6) is -2.59. The summed E-state index contributed by atoms with van der Waals surface area (Å²) in [5, 5.41) is 28.8. The number of aromatic amines is 1. The summed E-state index contributed by atoms with van der Waals surface area (Å²) in [4.78, 5) is 29.7. The number of hydrogen-bond donors (Lipinski definition) is 4. The Morgan fingerprint density at radius 1 is 1.25 bits per heavy atom. The third-order valence-electron chi connectivity index (χ3n) is 3.07. The topological polar surface area (TPSA) is 124 Å². The number of phenolic OH excluding ortho intramolecular Hbond substituents is 2. The van der Waals surface area contributed by atoms with Crippen molar-refractivity contribution in [3.63, 3.8) is 0 Å². The maximum Gasteiger partial charge on any atom is 0.341 e. The maximum atomic E-state index is 12.1. The van der Waals surface area contributed by atoms with Gasteiger partial charge < -0.3 is 20.3 Å². The first-order valence-electron chi connectivity index (χ1n) is 5.59. The van der Waals surface area contributed by atoms with Gasteiger partial charge in [-0.25, -0.2) is 4.79 Å². The van der Waals surface area contributed by atoms with Crippen molar-refractivity contribution in [3.05, 3.63) is 40.3 Å². The van der Waals surface area contributed by atoms with Crippen LogP contribution in [0.3, 0.4) is 0 Å². The van der Waals surface area contributed by atoms with Gasteiger partial charge in [0.2, 0.25) is 5.43 Å². The van der Waals surface area contributed by atoms with Gasteiger partial charge in [-0.2, -0.15) is 0 Å². The normalized spacial score (nSPS) is 11.0. The van der Waals surface area contributed by atoms with E-state index in [2.05, 4.69) is 9.97 Å². The van der Waals surface area contributed by atoms with E-state index < -0.39 is 28.5 Å². The number of aromatic nitrogens is 2. The van der Waals surface area contributed by atoms with Crippen molar-refractivity contribution >= 4 is 27.8 Å². The minimum absolute atomic E-state index is 0.172. The van der Waals surface area contributed by atoms with E-state index in [9.17, 15) is 19.8 Å². The van der Waals surface area contributed by atoms with Gasteiger partial charge in [0, 0.05) is 17.8 Å². The number of benzene rings is 1. The Balaban J connectivity index is 2.65. The Hall–Kier alpha value is -3.09. The summed E-state index contributed by atoms with van der Waals surface area (Å²) in [7, 11) is 0. The van der Waals surface area contributed by atoms with E-state index in [-0.39, 0.29) is 21.8 Å². The fourth-order valence-electron chi connectivity index (χ4n) is 2.14. The van der Waals surface area contributed by atoms with Crippen LogP contribution in [0.4, 0.5) is 0 Å². The van der Waals surface area contributed by atoms with Gasteiger partial charge in [0.25, 0.3) is 0 Å². The standard InChI is InChI=1S/C13H8N2O5/c16-10-6(13(19)20)4-15-9-7(10)12(18)11(17)5-2-1-3-14-8(5)9/h1-4,17-18H,(H,15,16)(H,19,20). The molecule has 100 valence electrons. The molecule has 0 saturated carbocycles. The molecule has 7 nitrogen and oxygen atoms in total. The number of aromatic hydroxyl groups is 2. The first-order valence-corrected chi connectivity index (χ1v) is 5.59. The first kappa shape index (κ1) is 12.0. The molecule has 0 amide bonds. The van der Waals surface area contributed by atoms with Crippen molar-refractivity contribution in [1.82, 2.24) is 9.97 Å². The zero-order valence-corrected chi connectivity index (χ0v) is 9.91. The number of hydrogen-bond acceptors (Lipinski definition) is 5. The molecule has 0 bridgehead atoms. The van der Waals surface area contributed by atoms with E-state index in [4.69, 9.17) is 5.11 Å². The molecule has 4 N–H and O–H groups in total. The number of H-pyrrole nitrogens is 1. The van der Waals surface area contributed by atoms with Gasteiger partial charge >= 0.3 is 5.97 Å². The third-order valence-corrected chi connectivity index (χ3v) is 3.07. The molecule has 0 aliphatic rings. The summed E-state index contributed by atoms with van der Waals surface area (Å²) in [6.45, 7) is 0. The van der Waals surface area contributed by atoms with Crippen molar-refractivity contribution in [1.29, 1.82) is 0 Å². The molecule has 0 saturated heterocycles. The van der Waals surface area contributed by atoms with Crippen LogP contribution < -0.4 is 5.43 Å². The summed E-state index contributed by atoms with van der Waals surface area (Å²) >= 11 is 0. The predicted octanol–water partition coefficient (Wildman–Crippen LogP) is 1.19. The van der Waals surface area contributed by atoms with Crippen LogP contribution in [0.5, 0.6) is 11.5 Å². The zero-order valence-electron chi connectivity index (χ0n) is 9.91. The number of nitrogens with zero attached hydrogens (tertiary/aromatic N) is 1. The molecule has 20 heavy (non-hydrogen) atoms. The summed E-state index contributed by atoms with van der Waals surface area (Å²) in [6, 6.07) is 3.09. The van der Waals surface area contributed by atoms with Crippen LogP contribution in [0.15, 0.2) is 29.3 Å². The highest BCUT2D eigenvalue weighted by Crippen LogP contribution is 2.38. The molecule has 0 unspecified atom stereocenters. The fourth-order valence-corrected chi connectivity index (χ4v) is 2.14. The molecule has 2 aromatic heterocycles. The number of phenols is 2. The predicted molar refractivity (Wildman–Crippen MR) is 70.2 cm³/mol. The highest BCUT2D eigenvalue weighted by atomic mass is 16.4. The number of pyridine rings is 2. The lowest BCUT2D eigenvalue weighted by Crippen LogP contribution is -2.15. The number of carbonyl (C=O) groups is 1. The van der Waals surface area contributed by atoms with E-state index in [1.807, 2.05) is 0 Å². The Morgan fingerprint density at radius 2 is 2.00 bits per heavy atom. The highest BCUT2D eigenvalue weighted by Gasteiger charge is 2.20. The van der Waals surface area contributed by atoms with Crippen molar-refractivity contribution < 1.29 is 20.1 Å². The molecule has 1 aromatic carbocycles. The molecule has 0 atom stereocenters. The van der Waals surface area contributed by atoms with Crippen molar-refractivity contribution in [3.8, 4) is 11.5 Å². The molecule has 3 rings (SSSR count). The number of carboxylic acids is 1. The second-order valence-electron chi connectivity index (χ2n) is 4.18. The molecule has 0 spiro atoms. The van der Waals surface area contributed by atoms with E-state index >= 15 is 0 Å². The Bertz CT molecular complexity index is 929. The smallest absolute Gasteiger partial charge is 0.341 e. The molecule has 0 fully saturated rings. The molecule has 7 heteroatoms. The van der Waals surface area contributed by atoms with Gasteiger partial charge in [-0.1, -0.05) is 0 Å². The van der Waals surface area contributed by atoms with Crippen LogP contribution in [0, 0.1) is 0 Å². The summed E-state index contributed by atoms with van der Waals surface area (Å²) < 4.78 is 0.